The minimum absolute atomic E-state index is 0.0895. The first-order valence-corrected chi connectivity index (χ1v) is 9.62. The molecule has 0 aromatic heterocycles. The van der Waals surface area contributed by atoms with E-state index in [1.165, 1.54) is 0 Å². The number of hydrogen-bond donors (Lipinski definition) is 3. The number of rotatable bonds is 9. The summed E-state index contributed by atoms with van der Waals surface area (Å²) in [7, 11) is 1.65. The molecule has 1 aromatic rings. The van der Waals surface area contributed by atoms with E-state index in [9.17, 15) is 18.0 Å². The number of benzene rings is 1. The van der Waals surface area contributed by atoms with Gasteiger partial charge in [0.2, 0.25) is 0 Å². The average Bonchev–Trinajstić information content (AvgIpc) is 2.62. The van der Waals surface area contributed by atoms with Crippen LogP contribution in [0.5, 0.6) is 0 Å². The number of aliphatic imine (C=N–C) groups is 1. The number of carbonyl (C=O) groups excluding carboxylic acids is 1. The van der Waals surface area contributed by atoms with Gasteiger partial charge in [-0.2, -0.15) is 13.2 Å². The maximum absolute atomic E-state index is 12.1. The summed E-state index contributed by atoms with van der Waals surface area (Å²) in [5.41, 5.74) is 1.09. The van der Waals surface area contributed by atoms with E-state index in [-0.39, 0.29) is 6.61 Å². The van der Waals surface area contributed by atoms with Crippen LogP contribution in [0.2, 0.25) is 0 Å². The lowest BCUT2D eigenvalue weighted by molar-refractivity contribution is -0.176. The maximum Gasteiger partial charge on any atom is 0.411 e. The van der Waals surface area contributed by atoms with E-state index in [2.05, 4.69) is 25.7 Å². The minimum Gasteiger partial charge on any atom is -0.444 e. The molecule has 0 saturated heterocycles. The normalized spacial score (nSPS) is 12.4. The molecular formula is C20H31F3N4O3. The quantitative estimate of drug-likeness (QED) is 0.317. The van der Waals surface area contributed by atoms with Gasteiger partial charge in [0.05, 0.1) is 6.61 Å². The fraction of sp³-hybridized carbons (Fsp3) is 0.600. The number of nitrogens with one attached hydrogen (secondary N) is 3. The third kappa shape index (κ3) is 12.9. The summed E-state index contributed by atoms with van der Waals surface area (Å²) in [5, 5.41) is 8.96. The number of carbonyl (C=O) groups is 1. The summed E-state index contributed by atoms with van der Waals surface area (Å²) >= 11 is 0. The predicted octanol–water partition coefficient (Wildman–Crippen LogP) is 3.35. The van der Waals surface area contributed by atoms with Gasteiger partial charge in [0, 0.05) is 26.7 Å². The highest BCUT2D eigenvalue weighted by atomic mass is 19.4. The van der Waals surface area contributed by atoms with Crippen molar-refractivity contribution >= 4 is 12.1 Å². The first-order chi connectivity index (χ1) is 14.0. The topological polar surface area (TPSA) is 84.0 Å². The minimum atomic E-state index is -4.32. The zero-order valence-electron chi connectivity index (χ0n) is 17.9. The Kier molecular flexibility index (Phi) is 10.4. The molecule has 0 unspecified atom stereocenters. The van der Waals surface area contributed by atoms with Crippen LogP contribution in [-0.4, -0.2) is 50.6 Å². The number of nitrogens with zero attached hydrogens (tertiary/aromatic N) is 1. The fourth-order valence-electron chi connectivity index (χ4n) is 2.24. The summed E-state index contributed by atoms with van der Waals surface area (Å²) in [4.78, 5) is 15.7. The van der Waals surface area contributed by atoms with Crippen molar-refractivity contribution in [1.29, 1.82) is 0 Å². The van der Waals surface area contributed by atoms with Crippen LogP contribution in [0.25, 0.3) is 0 Å². The SMILES string of the molecule is CN=C(NCCCNC(=O)OC(C)(C)C)NCc1ccc(COCC(F)(F)F)cc1. The van der Waals surface area contributed by atoms with Gasteiger partial charge in [0.1, 0.15) is 12.2 Å². The summed E-state index contributed by atoms with van der Waals surface area (Å²) < 4.78 is 46.0. The van der Waals surface area contributed by atoms with Crippen molar-refractivity contribution in [2.24, 2.45) is 4.99 Å². The molecule has 0 bridgehead atoms. The molecule has 0 aliphatic carbocycles. The van der Waals surface area contributed by atoms with Gasteiger partial charge in [-0.25, -0.2) is 4.79 Å². The first-order valence-electron chi connectivity index (χ1n) is 9.62. The van der Waals surface area contributed by atoms with Gasteiger partial charge in [-0.1, -0.05) is 24.3 Å². The predicted molar refractivity (Wildman–Crippen MR) is 109 cm³/mol. The van der Waals surface area contributed by atoms with Crippen LogP contribution in [0.1, 0.15) is 38.3 Å². The van der Waals surface area contributed by atoms with Gasteiger partial charge in [-0.3, -0.25) is 4.99 Å². The largest absolute Gasteiger partial charge is 0.444 e. The third-order valence-electron chi connectivity index (χ3n) is 3.56. The lowest BCUT2D eigenvalue weighted by Gasteiger charge is -2.19. The molecule has 7 nitrogen and oxygen atoms in total. The Morgan fingerprint density at radius 3 is 2.17 bits per heavy atom. The van der Waals surface area contributed by atoms with E-state index in [0.29, 0.717) is 37.6 Å². The van der Waals surface area contributed by atoms with E-state index >= 15 is 0 Å². The van der Waals surface area contributed by atoms with Crippen molar-refractivity contribution in [3.63, 3.8) is 0 Å². The van der Waals surface area contributed by atoms with Crippen LogP contribution >= 0.6 is 0 Å². The zero-order valence-corrected chi connectivity index (χ0v) is 17.9. The average molecular weight is 432 g/mol. The number of alkyl halides is 3. The summed E-state index contributed by atoms with van der Waals surface area (Å²) in [6.07, 6.45) is -4.08. The number of halogens is 3. The molecule has 1 amide bonds. The molecule has 30 heavy (non-hydrogen) atoms. The highest BCUT2D eigenvalue weighted by molar-refractivity contribution is 5.79. The van der Waals surface area contributed by atoms with Crippen molar-refractivity contribution in [3.8, 4) is 0 Å². The standard InChI is InChI=1S/C20H31F3N4O3/c1-19(2,3)30-18(28)26-11-5-10-25-17(24-4)27-12-15-6-8-16(9-7-15)13-29-14-20(21,22)23/h6-9H,5,10-14H2,1-4H3,(H,26,28)(H2,24,25,27). The van der Waals surface area contributed by atoms with Gasteiger partial charge in [-0.15, -0.1) is 0 Å². The van der Waals surface area contributed by atoms with Gasteiger partial charge in [0.25, 0.3) is 0 Å². The maximum atomic E-state index is 12.1. The van der Waals surface area contributed by atoms with Crippen LogP contribution in [0.4, 0.5) is 18.0 Å². The molecule has 3 N–H and O–H groups in total. The number of amides is 1. The van der Waals surface area contributed by atoms with Crippen LogP contribution in [-0.2, 0) is 22.6 Å². The molecule has 0 fully saturated rings. The van der Waals surface area contributed by atoms with Gasteiger partial charge in [-0.05, 0) is 38.3 Å². The monoisotopic (exact) mass is 432 g/mol. The Balaban J connectivity index is 2.25. The van der Waals surface area contributed by atoms with Crippen LogP contribution in [0.15, 0.2) is 29.3 Å². The van der Waals surface area contributed by atoms with E-state index < -0.39 is 24.5 Å². The van der Waals surface area contributed by atoms with E-state index in [1.807, 2.05) is 12.1 Å². The Morgan fingerprint density at radius 1 is 1.00 bits per heavy atom. The molecule has 0 atom stereocenters. The highest BCUT2D eigenvalue weighted by Gasteiger charge is 2.27. The molecule has 0 saturated carbocycles. The van der Waals surface area contributed by atoms with Crippen LogP contribution < -0.4 is 16.0 Å². The highest BCUT2D eigenvalue weighted by Crippen LogP contribution is 2.15. The molecule has 1 aromatic carbocycles. The fourth-order valence-corrected chi connectivity index (χ4v) is 2.24. The number of hydrogen-bond acceptors (Lipinski definition) is 4. The molecule has 170 valence electrons. The summed E-state index contributed by atoms with van der Waals surface area (Å²) in [6.45, 7) is 5.64. The Bertz CT molecular complexity index is 671. The van der Waals surface area contributed by atoms with Crippen molar-refractivity contribution in [2.45, 2.75) is 52.1 Å². The Hall–Kier alpha value is -2.49. The van der Waals surface area contributed by atoms with Crippen molar-refractivity contribution in [3.05, 3.63) is 35.4 Å². The van der Waals surface area contributed by atoms with Gasteiger partial charge in [0.15, 0.2) is 5.96 Å². The van der Waals surface area contributed by atoms with Crippen molar-refractivity contribution < 1.29 is 27.4 Å². The molecule has 0 spiro atoms. The molecule has 0 aliphatic rings. The molecule has 1 rings (SSSR count). The zero-order chi connectivity index (χ0) is 22.6. The molecule has 10 heteroatoms. The molecule has 0 radical (unpaired) electrons. The van der Waals surface area contributed by atoms with Crippen molar-refractivity contribution in [2.75, 3.05) is 26.7 Å². The molecule has 0 heterocycles. The third-order valence-corrected chi connectivity index (χ3v) is 3.56. The van der Waals surface area contributed by atoms with E-state index in [1.54, 1.807) is 40.0 Å². The number of ether oxygens (including phenoxy) is 2. The second-order valence-corrected chi connectivity index (χ2v) is 7.56. The summed E-state index contributed by atoms with van der Waals surface area (Å²) in [5.74, 6) is 0.602. The van der Waals surface area contributed by atoms with Crippen LogP contribution in [0, 0.1) is 0 Å². The van der Waals surface area contributed by atoms with Gasteiger partial charge < -0.3 is 25.4 Å². The van der Waals surface area contributed by atoms with E-state index in [0.717, 1.165) is 5.56 Å². The summed E-state index contributed by atoms with van der Waals surface area (Å²) in [6, 6.07) is 7.09. The van der Waals surface area contributed by atoms with Crippen molar-refractivity contribution in [1.82, 2.24) is 16.0 Å². The second-order valence-electron chi connectivity index (χ2n) is 7.56. The Morgan fingerprint density at radius 2 is 1.60 bits per heavy atom. The van der Waals surface area contributed by atoms with Gasteiger partial charge >= 0.3 is 12.3 Å². The van der Waals surface area contributed by atoms with Crippen LogP contribution in [0.3, 0.4) is 0 Å². The lowest BCUT2D eigenvalue weighted by atomic mass is 10.1. The Labute approximate surface area is 175 Å². The number of guanidine groups is 1. The molecule has 0 aliphatic heterocycles. The second kappa shape index (κ2) is 12.3. The number of alkyl carbamates (subject to hydrolysis) is 1. The lowest BCUT2D eigenvalue weighted by Crippen LogP contribution is -2.39. The molecular weight excluding hydrogens is 401 g/mol. The first kappa shape index (κ1) is 25.5. The van der Waals surface area contributed by atoms with E-state index in [4.69, 9.17) is 4.74 Å². The smallest absolute Gasteiger partial charge is 0.411 e.